The third-order valence-electron chi connectivity index (χ3n) is 5.40. The fourth-order valence-electron chi connectivity index (χ4n) is 3.82. The van der Waals surface area contributed by atoms with E-state index < -0.39 is 10.0 Å². The highest BCUT2D eigenvalue weighted by Crippen LogP contribution is 2.41. The number of amides is 2. The van der Waals surface area contributed by atoms with E-state index in [0.29, 0.717) is 48.3 Å². The number of hydrogen-bond donors (Lipinski definition) is 1. The lowest BCUT2D eigenvalue weighted by Crippen LogP contribution is -2.74. The molecule has 0 bridgehead atoms. The van der Waals surface area contributed by atoms with E-state index in [4.69, 9.17) is 23.2 Å². The number of benzene rings is 2. The van der Waals surface area contributed by atoms with Crippen LogP contribution in [-0.4, -0.2) is 49.8 Å². The maximum Gasteiger partial charge on any atom is 0.317 e. The van der Waals surface area contributed by atoms with Crippen LogP contribution in [0.5, 0.6) is 0 Å². The maximum atomic E-state index is 12.7. The van der Waals surface area contributed by atoms with E-state index in [1.807, 2.05) is 30.3 Å². The summed E-state index contributed by atoms with van der Waals surface area (Å²) in [5, 5.41) is 3.72. The van der Waals surface area contributed by atoms with Crippen LogP contribution in [0.3, 0.4) is 0 Å². The van der Waals surface area contributed by atoms with Gasteiger partial charge in [0.15, 0.2) is 0 Å². The van der Waals surface area contributed by atoms with Crippen LogP contribution in [0, 0.1) is 5.41 Å². The first kappa shape index (κ1) is 20.5. The first-order valence-electron chi connectivity index (χ1n) is 9.25. The molecule has 2 aliphatic rings. The van der Waals surface area contributed by atoms with Gasteiger partial charge >= 0.3 is 6.03 Å². The van der Waals surface area contributed by atoms with Crippen LogP contribution in [0.15, 0.2) is 48.5 Å². The van der Waals surface area contributed by atoms with Gasteiger partial charge in [0.05, 0.1) is 5.75 Å². The molecule has 0 atom stereocenters. The molecule has 2 saturated heterocycles. The number of urea groups is 1. The fourth-order valence-corrected chi connectivity index (χ4v) is 6.14. The topological polar surface area (TPSA) is 69.7 Å². The number of rotatable bonds is 5. The van der Waals surface area contributed by atoms with Gasteiger partial charge in [0.25, 0.3) is 0 Å². The number of sulfonamides is 1. The molecule has 0 aliphatic carbocycles. The molecule has 2 fully saturated rings. The average Bonchev–Trinajstić information content (AvgIpc) is 2.60. The summed E-state index contributed by atoms with van der Waals surface area (Å²) in [5.41, 5.74) is 1.45. The van der Waals surface area contributed by atoms with E-state index in [9.17, 15) is 13.2 Å². The fraction of sp³-hybridized carbons (Fsp3) is 0.350. The lowest BCUT2D eigenvalue weighted by atomic mass is 9.74. The molecule has 0 aromatic heterocycles. The number of halogens is 2. The minimum absolute atomic E-state index is 0.117. The second-order valence-corrected chi connectivity index (χ2v) is 10.6. The quantitative estimate of drug-likeness (QED) is 0.754. The van der Waals surface area contributed by atoms with Crippen molar-refractivity contribution in [2.45, 2.75) is 12.3 Å². The summed E-state index contributed by atoms with van der Waals surface area (Å²) in [5.74, 6) is -0.152. The van der Waals surface area contributed by atoms with Crippen molar-refractivity contribution < 1.29 is 13.2 Å². The number of carbonyl (C=O) groups excluding carboxylic acids is 1. The highest BCUT2D eigenvalue weighted by Gasteiger charge is 2.56. The molecule has 2 aliphatic heterocycles. The van der Waals surface area contributed by atoms with Crippen molar-refractivity contribution >= 4 is 39.3 Å². The van der Waals surface area contributed by atoms with Crippen molar-refractivity contribution in [1.29, 1.82) is 0 Å². The van der Waals surface area contributed by atoms with E-state index in [-0.39, 0.29) is 17.2 Å². The molecule has 2 aromatic rings. The molecule has 154 valence electrons. The standard InChI is InChI=1S/C20H21Cl2N3O3S/c21-17-7-6-16(18(22)8-17)10-29(27,28)25-13-20(14-25)11-24(12-20)19(26)23-9-15-4-2-1-3-5-15/h1-8H,9-14H2,(H,23,26). The SMILES string of the molecule is O=C(NCc1ccccc1)N1CC2(C1)CN(S(=O)(=O)Cc1ccc(Cl)cc1Cl)C2. The molecule has 2 aromatic carbocycles. The summed E-state index contributed by atoms with van der Waals surface area (Å²) in [7, 11) is -3.46. The molecule has 0 saturated carbocycles. The maximum absolute atomic E-state index is 12.7. The van der Waals surface area contributed by atoms with E-state index in [0.717, 1.165) is 5.56 Å². The molecule has 6 nitrogen and oxygen atoms in total. The van der Waals surface area contributed by atoms with Crippen molar-refractivity contribution in [1.82, 2.24) is 14.5 Å². The van der Waals surface area contributed by atoms with E-state index in [2.05, 4.69) is 5.32 Å². The van der Waals surface area contributed by atoms with Gasteiger partial charge in [-0.3, -0.25) is 0 Å². The summed E-state index contributed by atoms with van der Waals surface area (Å²) in [4.78, 5) is 14.0. The minimum atomic E-state index is -3.46. The first-order valence-corrected chi connectivity index (χ1v) is 11.6. The molecule has 2 heterocycles. The number of hydrogen-bond acceptors (Lipinski definition) is 3. The lowest BCUT2D eigenvalue weighted by Gasteiger charge is -2.59. The van der Waals surface area contributed by atoms with Gasteiger partial charge in [-0.25, -0.2) is 17.5 Å². The number of nitrogens with one attached hydrogen (secondary N) is 1. The second-order valence-electron chi connectivity index (χ2n) is 7.76. The third-order valence-corrected chi connectivity index (χ3v) is 7.70. The Kier molecular flexibility index (Phi) is 5.50. The van der Waals surface area contributed by atoms with Crippen LogP contribution in [0.25, 0.3) is 0 Å². The number of carbonyl (C=O) groups is 1. The van der Waals surface area contributed by atoms with Gasteiger partial charge < -0.3 is 10.2 Å². The number of nitrogens with zero attached hydrogens (tertiary/aromatic N) is 2. The Balaban J connectivity index is 1.26. The molecular weight excluding hydrogens is 433 g/mol. The molecule has 0 radical (unpaired) electrons. The highest BCUT2D eigenvalue weighted by atomic mass is 35.5. The Morgan fingerprint density at radius 2 is 1.72 bits per heavy atom. The van der Waals surface area contributed by atoms with Crippen LogP contribution in [0.1, 0.15) is 11.1 Å². The molecule has 2 amide bonds. The van der Waals surface area contributed by atoms with Gasteiger partial charge in [0, 0.05) is 48.2 Å². The summed E-state index contributed by atoms with van der Waals surface area (Å²) in [6.07, 6.45) is 0. The zero-order chi connectivity index (χ0) is 20.6. The van der Waals surface area contributed by atoms with Crippen LogP contribution in [-0.2, 0) is 22.3 Å². The van der Waals surface area contributed by atoms with E-state index in [1.165, 1.54) is 4.31 Å². The minimum Gasteiger partial charge on any atom is -0.334 e. The molecule has 9 heteroatoms. The molecule has 1 N–H and O–H groups in total. The van der Waals surface area contributed by atoms with Gasteiger partial charge in [-0.15, -0.1) is 0 Å². The highest BCUT2D eigenvalue weighted by molar-refractivity contribution is 7.88. The zero-order valence-corrected chi connectivity index (χ0v) is 18.0. The normalized spacial score (nSPS) is 18.2. The Morgan fingerprint density at radius 3 is 2.38 bits per heavy atom. The number of likely N-dealkylation sites (tertiary alicyclic amines) is 1. The zero-order valence-electron chi connectivity index (χ0n) is 15.6. The summed E-state index contributed by atoms with van der Waals surface area (Å²) >= 11 is 12.0. The predicted octanol–water partition coefficient (Wildman–Crippen LogP) is 3.35. The predicted molar refractivity (Wildman–Crippen MR) is 113 cm³/mol. The molecule has 1 spiro atoms. The average molecular weight is 454 g/mol. The Hall–Kier alpha value is -1.80. The van der Waals surface area contributed by atoms with Crippen molar-refractivity contribution in [3.8, 4) is 0 Å². The largest absolute Gasteiger partial charge is 0.334 e. The molecular formula is C20H21Cl2N3O3S. The van der Waals surface area contributed by atoms with Gasteiger partial charge in [0.1, 0.15) is 0 Å². The van der Waals surface area contributed by atoms with Crippen molar-refractivity contribution in [2.75, 3.05) is 26.2 Å². The lowest BCUT2D eigenvalue weighted by molar-refractivity contribution is -0.0567. The Bertz CT molecular complexity index is 1020. The monoisotopic (exact) mass is 453 g/mol. The van der Waals surface area contributed by atoms with Crippen LogP contribution in [0.2, 0.25) is 10.0 Å². The van der Waals surface area contributed by atoms with Gasteiger partial charge in [-0.2, -0.15) is 0 Å². The molecule has 0 unspecified atom stereocenters. The van der Waals surface area contributed by atoms with E-state index in [1.54, 1.807) is 23.1 Å². The summed E-state index contributed by atoms with van der Waals surface area (Å²) < 4.78 is 26.8. The Morgan fingerprint density at radius 1 is 1.03 bits per heavy atom. The second kappa shape index (κ2) is 7.80. The molecule has 29 heavy (non-hydrogen) atoms. The van der Waals surface area contributed by atoms with Crippen LogP contribution in [0.4, 0.5) is 4.79 Å². The van der Waals surface area contributed by atoms with Crippen molar-refractivity contribution in [2.24, 2.45) is 5.41 Å². The van der Waals surface area contributed by atoms with E-state index >= 15 is 0 Å². The first-order chi connectivity index (χ1) is 13.8. The summed E-state index contributed by atoms with van der Waals surface area (Å²) in [6.45, 7) is 2.49. The van der Waals surface area contributed by atoms with Gasteiger partial charge in [-0.1, -0.05) is 59.6 Å². The molecule has 4 rings (SSSR count). The Labute approximate surface area is 180 Å². The van der Waals surface area contributed by atoms with Crippen LogP contribution >= 0.6 is 23.2 Å². The third kappa shape index (κ3) is 4.38. The smallest absolute Gasteiger partial charge is 0.317 e. The van der Waals surface area contributed by atoms with Crippen molar-refractivity contribution in [3.05, 3.63) is 69.7 Å². The van der Waals surface area contributed by atoms with Crippen LogP contribution < -0.4 is 5.32 Å². The van der Waals surface area contributed by atoms with Crippen molar-refractivity contribution in [3.63, 3.8) is 0 Å². The van der Waals surface area contributed by atoms with Gasteiger partial charge in [0.2, 0.25) is 10.0 Å². The van der Waals surface area contributed by atoms with Gasteiger partial charge in [-0.05, 0) is 23.3 Å². The summed E-state index contributed by atoms with van der Waals surface area (Å²) in [6, 6.07) is 14.4.